The van der Waals surface area contributed by atoms with Crippen LogP contribution in [0.5, 0.6) is 0 Å². The van der Waals surface area contributed by atoms with Crippen LogP contribution in [0.25, 0.3) is 0 Å². The number of ether oxygens (including phenoxy) is 1. The lowest BCUT2D eigenvalue weighted by Crippen LogP contribution is -2.46. The van der Waals surface area contributed by atoms with Crippen LogP contribution in [0.1, 0.15) is 22.8 Å². The summed E-state index contributed by atoms with van der Waals surface area (Å²) in [4.78, 5) is 16.8. The first-order valence-corrected chi connectivity index (χ1v) is 9.04. The molecule has 1 saturated heterocycles. The van der Waals surface area contributed by atoms with E-state index >= 15 is 0 Å². The number of nitrogen functional groups attached to an aromatic ring is 1. The molecule has 0 aliphatic carbocycles. The summed E-state index contributed by atoms with van der Waals surface area (Å²) in [7, 11) is 0. The smallest absolute Gasteiger partial charge is 0.341 e. The Labute approximate surface area is 146 Å². The summed E-state index contributed by atoms with van der Waals surface area (Å²) in [5.74, 6) is -0.321. The van der Waals surface area contributed by atoms with Crippen molar-refractivity contribution in [3.05, 3.63) is 41.5 Å². The van der Waals surface area contributed by atoms with E-state index in [1.54, 1.807) is 6.92 Å². The van der Waals surface area contributed by atoms with E-state index in [-0.39, 0.29) is 5.97 Å². The van der Waals surface area contributed by atoms with Crippen molar-refractivity contribution in [3.8, 4) is 0 Å². The molecule has 0 spiro atoms. The number of benzene rings is 1. The maximum absolute atomic E-state index is 12.1. The molecular formula is C18H23N3O2S. The van der Waals surface area contributed by atoms with Gasteiger partial charge in [0.2, 0.25) is 0 Å². The molecule has 5 nitrogen and oxygen atoms in total. The maximum atomic E-state index is 12.1. The summed E-state index contributed by atoms with van der Waals surface area (Å²) in [6.07, 6.45) is 0. The SMILES string of the molecule is CCOC(=O)c1c(N)sc(N2CCN(c3ccccc3)CC2)c1C. The first-order chi connectivity index (χ1) is 11.6. The number of hydrogen-bond acceptors (Lipinski definition) is 6. The Morgan fingerprint density at radius 3 is 2.42 bits per heavy atom. The molecule has 1 aliphatic heterocycles. The molecule has 0 saturated carbocycles. The van der Waals surface area contributed by atoms with Crippen molar-refractivity contribution in [3.63, 3.8) is 0 Å². The summed E-state index contributed by atoms with van der Waals surface area (Å²) >= 11 is 1.48. The molecule has 1 fully saturated rings. The molecular weight excluding hydrogens is 322 g/mol. The molecule has 0 bridgehead atoms. The van der Waals surface area contributed by atoms with Crippen molar-refractivity contribution in [1.29, 1.82) is 0 Å². The largest absolute Gasteiger partial charge is 0.462 e. The third kappa shape index (κ3) is 3.19. The molecule has 2 heterocycles. The first-order valence-electron chi connectivity index (χ1n) is 8.22. The van der Waals surface area contributed by atoms with Crippen LogP contribution in [-0.4, -0.2) is 38.8 Å². The molecule has 6 heteroatoms. The van der Waals surface area contributed by atoms with Crippen molar-refractivity contribution in [1.82, 2.24) is 0 Å². The fraction of sp³-hybridized carbons (Fsp3) is 0.389. The van der Waals surface area contributed by atoms with Gasteiger partial charge in [0, 0.05) is 37.4 Å². The van der Waals surface area contributed by atoms with E-state index in [9.17, 15) is 4.79 Å². The van der Waals surface area contributed by atoms with E-state index in [1.165, 1.54) is 17.0 Å². The third-order valence-electron chi connectivity index (χ3n) is 4.32. The number of carbonyl (C=O) groups excluding carboxylic acids is 1. The first kappa shape index (κ1) is 16.6. The summed E-state index contributed by atoms with van der Waals surface area (Å²) in [6.45, 7) is 7.86. The van der Waals surface area contributed by atoms with Gasteiger partial charge in [-0.1, -0.05) is 18.2 Å². The fourth-order valence-electron chi connectivity index (χ4n) is 3.09. The molecule has 0 atom stereocenters. The van der Waals surface area contributed by atoms with Crippen LogP contribution in [0.4, 0.5) is 15.7 Å². The van der Waals surface area contributed by atoms with Gasteiger partial charge in [0.1, 0.15) is 5.00 Å². The minimum absolute atomic E-state index is 0.321. The highest BCUT2D eigenvalue weighted by molar-refractivity contribution is 7.20. The second-order valence-electron chi connectivity index (χ2n) is 5.80. The van der Waals surface area contributed by atoms with E-state index < -0.39 is 0 Å². The van der Waals surface area contributed by atoms with E-state index in [0.29, 0.717) is 17.2 Å². The zero-order chi connectivity index (χ0) is 17.1. The summed E-state index contributed by atoms with van der Waals surface area (Å²) < 4.78 is 5.13. The van der Waals surface area contributed by atoms with E-state index in [4.69, 9.17) is 10.5 Å². The topological polar surface area (TPSA) is 58.8 Å². The number of hydrogen-bond donors (Lipinski definition) is 1. The van der Waals surface area contributed by atoms with Gasteiger partial charge >= 0.3 is 5.97 Å². The number of carbonyl (C=O) groups is 1. The van der Waals surface area contributed by atoms with Crippen LogP contribution in [-0.2, 0) is 4.74 Å². The number of anilines is 3. The summed E-state index contributed by atoms with van der Waals surface area (Å²) in [5, 5.41) is 1.63. The van der Waals surface area contributed by atoms with Crippen molar-refractivity contribution < 1.29 is 9.53 Å². The van der Waals surface area contributed by atoms with E-state index in [0.717, 1.165) is 36.7 Å². The average molecular weight is 345 g/mol. The van der Waals surface area contributed by atoms with Crippen LogP contribution < -0.4 is 15.5 Å². The molecule has 0 radical (unpaired) electrons. The van der Waals surface area contributed by atoms with Crippen LogP contribution in [0.2, 0.25) is 0 Å². The fourth-order valence-corrected chi connectivity index (χ4v) is 4.20. The normalized spacial score (nSPS) is 14.8. The van der Waals surface area contributed by atoms with Gasteiger partial charge in [-0.2, -0.15) is 0 Å². The molecule has 2 aromatic rings. The molecule has 3 rings (SSSR count). The number of esters is 1. The van der Waals surface area contributed by atoms with Gasteiger partial charge in [-0.05, 0) is 26.0 Å². The van der Waals surface area contributed by atoms with E-state index in [1.807, 2.05) is 13.0 Å². The number of nitrogens with zero attached hydrogens (tertiary/aromatic N) is 2. The minimum atomic E-state index is -0.321. The number of para-hydroxylation sites is 1. The Bertz CT molecular complexity index is 707. The molecule has 0 unspecified atom stereocenters. The predicted molar refractivity (Wildman–Crippen MR) is 100 cm³/mol. The third-order valence-corrected chi connectivity index (χ3v) is 5.50. The predicted octanol–water partition coefficient (Wildman–Crippen LogP) is 3.14. The van der Waals surface area contributed by atoms with Crippen molar-refractivity contribution in [2.45, 2.75) is 13.8 Å². The quantitative estimate of drug-likeness (QED) is 0.863. The lowest BCUT2D eigenvalue weighted by Gasteiger charge is -2.37. The van der Waals surface area contributed by atoms with Crippen LogP contribution >= 0.6 is 11.3 Å². The van der Waals surface area contributed by atoms with Gasteiger partial charge in [-0.3, -0.25) is 0 Å². The highest BCUT2D eigenvalue weighted by atomic mass is 32.1. The standard InChI is InChI=1S/C18H23N3O2S/c1-3-23-18(22)15-13(2)17(24-16(15)19)21-11-9-20(10-12-21)14-7-5-4-6-8-14/h4-8H,3,9-12,19H2,1-2H3. The molecule has 0 amide bonds. The Morgan fingerprint density at radius 2 is 1.79 bits per heavy atom. The van der Waals surface area contributed by atoms with Crippen molar-refractivity contribution in [2.24, 2.45) is 0 Å². The van der Waals surface area contributed by atoms with Gasteiger partial charge in [-0.15, -0.1) is 11.3 Å². The molecule has 2 N–H and O–H groups in total. The van der Waals surface area contributed by atoms with E-state index in [2.05, 4.69) is 34.1 Å². The van der Waals surface area contributed by atoms with Crippen LogP contribution in [0, 0.1) is 6.92 Å². The Balaban J connectivity index is 1.73. The average Bonchev–Trinajstić information content (AvgIpc) is 2.90. The molecule has 1 aromatic carbocycles. The van der Waals surface area contributed by atoms with Gasteiger partial charge in [0.25, 0.3) is 0 Å². The van der Waals surface area contributed by atoms with Gasteiger partial charge in [0.05, 0.1) is 17.2 Å². The number of rotatable bonds is 4. The van der Waals surface area contributed by atoms with Gasteiger partial charge in [0.15, 0.2) is 0 Å². The van der Waals surface area contributed by atoms with Crippen LogP contribution in [0.15, 0.2) is 30.3 Å². The second-order valence-corrected chi connectivity index (χ2v) is 6.83. The zero-order valence-corrected chi connectivity index (χ0v) is 14.9. The Kier molecular flexibility index (Phi) is 4.94. The Morgan fingerprint density at radius 1 is 1.17 bits per heavy atom. The van der Waals surface area contributed by atoms with Crippen molar-refractivity contribution >= 4 is 33.0 Å². The highest BCUT2D eigenvalue weighted by Gasteiger charge is 2.26. The maximum Gasteiger partial charge on any atom is 0.341 e. The molecule has 128 valence electrons. The lowest BCUT2D eigenvalue weighted by molar-refractivity contribution is 0.0527. The Hall–Kier alpha value is -2.21. The lowest BCUT2D eigenvalue weighted by atomic mass is 10.1. The zero-order valence-electron chi connectivity index (χ0n) is 14.1. The molecule has 1 aromatic heterocycles. The van der Waals surface area contributed by atoms with Gasteiger partial charge in [-0.25, -0.2) is 4.79 Å². The minimum Gasteiger partial charge on any atom is -0.462 e. The number of nitrogens with two attached hydrogens (primary N) is 1. The number of piperazine rings is 1. The molecule has 24 heavy (non-hydrogen) atoms. The van der Waals surface area contributed by atoms with Gasteiger partial charge < -0.3 is 20.3 Å². The monoisotopic (exact) mass is 345 g/mol. The van der Waals surface area contributed by atoms with Crippen molar-refractivity contribution in [2.75, 3.05) is 48.3 Å². The summed E-state index contributed by atoms with van der Waals surface area (Å²) in [5.41, 5.74) is 8.80. The van der Waals surface area contributed by atoms with Crippen LogP contribution in [0.3, 0.4) is 0 Å². The molecule has 1 aliphatic rings. The highest BCUT2D eigenvalue weighted by Crippen LogP contribution is 2.38. The second kappa shape index (κ2) is 7.13. The number of thiophene rings is 1. The summed E-state index contributed by atoms with van der Waals surface area (Å²) in [6, 6.07) is 10.5.